The third kappa shape index (κ3) is 6.14. The zero-order chi connectivity index (χ0) is 33.6. The Kier molecular flexibility index (Phi) is 8.89. The lowest BCUT2D eigenvalue weighted by Gasteiger charge is -2.30. The molecule has 2 aliphatic rings. The van der Waals surface area contributed by atoms with Crippen molar-refractivity contribution in [3.05, 3.63) is 109 Å². The number of para-hydroxylation sites is 1. The number of carbonyl (C=O) groups is 4. The van der Waals surface area contributed by atoms with Gasteiger partial charge in [0.15, 0.2) is 0 Å². The summed E-state index contributed by atoms with van der Waals surface area (Å²) in [6.07, 6.45) is -4.72. The highest BCUT2D eigenvalue weighted by Gasteiger charge is 2.57. The highest BCUT2D eigenvalue weighted by atomic mass is 79.9. The summed E-state index contributed by atoms with van der Waals surface area (Å²) in [6.45, 7) is 1.24. The number of hydrogen-bond donors (Lipinski definition) is 1. The van der Waals surface area contributed by atoms with E-state index in [0.717, 1.165) is 44.7 Å². The van der Waals surface area contributed by atoms with Gasteiger partial charge in [0.05, 0.1) is 40.1 Å². The van der Waals surface area contributed by atoms with Crippen molar-refractivity contribution in [1.82, 2.24) is 4.57 Å². The van der Waals surface area contributed by atoms with E-state index in [-0.39, 0.29) is 22.9 Å². The molecule has 3 aromatic carbocycles. The molecular formula is C32H23BrF3N3O6S2. The molecule has 4 aromatic rings. The number of imide groups is 1. The summed E-state index contributed by atoms with van der Waals surface area (Å²) in [7, 11) is 0. The van der Waals surface area contributed by atoms with Crippen LogP contribution >= 0.6 is 39.0 Å². The van der Waals surface area contributed by atoms with E-state index in [4.69, 9.17) is 4.74 Å². The largest absolute Gasteiger partial charge is 0.462 e. The maximum Gasteiger partial charge on any atom is 0.418 e. The molecule has 3 atom stereocenters. The van der Waals surface area contributed by atoms with Crippen molar-refractivity contribution < 1.29 is 37.1 Å². The van der Waals surface area contributed by atoms with E-state index in [2.05, 4.69) is 21.2 Å². The first kappa shape index (κ1) is 32.7. The molecule has 3 heterocycles. The van der Waals surface area contributed by atoms with Gasteiger partial charge in [0.2, 0.25) is 17.7 Å². The molecule has 1 N–H and O–H groups in total. The van der Waals surface area contributed by atoms with Gasteiger partial charge in [-0.2, -0.15) is 13.2 Å². The van der Waals surface area contributed by atoms with Crippen LogP contribution < -0.4 is 15.1 Å². The second kappa shape index (κ2) is 12.8. The molecule has 2 aliphatic heterocycles. The van der Waals surface area contributed by atoms with Crippen molar-refractivity contribution in [2.75, 3.05) is 16.8 Å². The van der Waals surface area contributed by atoms with Crippen LogP contribution in [-0.2, 0) is 31.8 Å². The highest BCUT2D eigenvalue weighted by molar-refractivity contribution is 9.10. The Morgan fingerprint density at radius 3 is 2.38 bits per heavy atom. The number of aromatic nitrogens is 1. The fourth-order valence-corrected chi connectivity index (χ4v) is 8.89. The lowest BCUT2D eigenvalue weighted by molar-refractivity contribution is -0.137. The van der Waals surface area contributed by atoms with Gasteiger partial charge in [-0.1, -0.05) is 63.3 Å². The SMILES string of the molecule is CCOC(=O)c1ccc(N2C(=O)[C@H]3[C@H](c4cccc(Br)c4)c4sc(=O)n(CC(=O)Nc5ccccc5C(F)(F)F)c4S[C@H]3C2=O)cc1. The van der Waals surface area contributed by atoms with Crippen LogP contribution in [0.25, 0.3) is 0 Å². The van der Waals surface area contributed by atoms with Gasteiger partial charge in [0.25, 0.3) is 0 Å². The molecule has 6 rings (SSSR count). The van der Waals surface area contributed by atoms with E-state index in [1.165, 1.54) is 36.4 Å². The first-order valence-electron chi connectivity index (χ1n) is 14.2. The molecule has 15 heteroatoms. The normalized spacial score (nSPS) is 18.9. The standard InChI is InChI=1S/C32H23BrF3N3O6S2/c1-2-45-30(43)16-10-12-19(13-11-16)39-27(41)24-23(17-6-5-7-18(33)14-17)26-29(46-25(24)28(39)42)38(31(44)47-26)15-22(40)37-21-9-4-3-8-20(21)32(34,35)36/h3-14,23-25H,2,15H2,1H3,(H,37,40)/t23-,24-,25+/m0/s1. The van der Waals surface area contributed by atoms with Crippen molar-refractivity contribution in [3.8, 4) is 0 Å². The number of carbonyl (C=O) groups excluding carboxylic acids is 4. The molecule has 1 fully saturated rings. The van der Waals surface area contributed by atoms with Crippen LogP contribution in [0.1, 0.15) is 39.2 Å². The van der Waals surface area contributed by atoms with Crippen LogP contribution in [0.4, 0.5) is 24.5 Å². The van der Waals surface area contributed by atoms with Crippen LogP contribution in [0.3, 0.4) is 0 Å². The van der Waals surface area contributed by atoms with Gasteiger partial charge in [0.1, 0.15) is 11.8 Å². The van der Waals surface area contributed by atoms with Crippen molar-refractivity contribution in [1.29, 1.82) is 0 Å². The Balaban J connectivity index is 1.37. The van der Waals surface area contributed by atoms with Crippen molar-refractivity contribution in [2.45, 2.75) is 35.8 Å². The number of alkyl halides is 3. The lowest BCUT2D eigenvalue weighted by atomic mass is 9.83. The number of thiazole rings is 1. The zero-order valence-corrected chi connectivity index (χ0v) is 27.5. The quantitative estimate of drug-likeness (QED) is 0.174. The molecule has 0 aliphatic carbocycles. The Morgan fingerprint density at radius 1 is 0.979 bits per heavy atom. The van der Waals surface area contributed by atoms with E-state index in [0.29, 0.717) is 14.9 Å². The van der Waals surface area contributed by atoms with Gasteiger partial charge in [-0.15, -0.1) is 0 Å². The molecule has 3 amide bonds. The number of nitrogens with one attached hydrogen (secondary N) is 1. The van der Waals surface area contributed by atoms with Crippen molar-refractivity contribution >= 4 is 74.1 Å². The number of halogens is 4. The smallest absolute Gasteiger partial charge is 0.418 e. The topological polar surface area (TPSA) is 115 Å². The first-order valence-corrected chi connectivity index (χ1v) is 16.6. The number of rotatable bonds is 7. The molecule has 9 nitrogen and oxygen atoms in total. The molecule has 0 unspecified atom stereocenters. The second-order valence-corrected chi connectivity index (χ2v) is 13.6. The van der Waals surface area contributed by atoms with E-state index in [9.17, 15) is 37.1 Å². The zero-order valence-electron chi connectivity index (χ0n) is 24.2. The van der Waals surface area contributed by atoms with Crippen LogP contribution in [0.5, 0.6) is 0 Å². The average Bonchev–Trinajstić information content (AvgIpc) is 3.47. The molecule has 1 aromatic heterocycles. The number of ether oxygens (including phenoxy) is 1. The number of thioether (sulfide) groups is 1. The Hall–Kier alpha value is -4.21. The summed E-state index contributed by atoms with van der Waals surface area (Å²) in [5.41, 5.74) is -0.350. The molecule has 242 valence electrons. The molecule has 0 spiro atoms. The molecule has 0 saturated carbocycles. The van der Waals surface area contributed by atoms with Crippen LogP contribution in [0.15, 0.2) is 87.1 Å². The van der Waals surface area contributed by atoms with Crippen molar-refractivity contribution in [3.63, 3.8) is 0 Å². The van der Waals surface area contributed by atoms with Gasteiger partial charge in [-0.3, -0.25) is 23.7 Å². The first-order chi connectivity index (χ1) is 22.4. The Bertz CT molecular complexity index is 1980. The number of fused-ring (bicyclic) bond motifs is 2. The highest BCUT2D eigenvalue weighted by Crippen LogP contribution is 2.54. The summed E-state index contributed by atoms with van der Waals surface area (Å²) < 4.78 is 47.5. The molecular weight excluding hydrogens is 723 g/mol. The average molecular weight is 747 g/mol. The van der Waals surface area contributed by atoms with Gasteiger partial charge in [-0.05, 0) is 61.0 Å². The molecule has 0 radical (unpaired) electrons. The molecule has 47 heavy (non-hydrogen) atoms. The van der Waals surface area contributed by atoms with Crippen LogP contribution in [-0.4, -0.2) is 40.1 Å². The summed E-state index contributed by atoms with van der Waals surface area (Å²) in [4.78, 5) is 67.6. The number of hydrogen-bond acceptors (Lipinski definition) is 8. The predicted molar refractivity (Wildman–Crippen MR) is 173 cm³/mol. The molecule has 1 saturated heterocycles. The van der Waals surface area contributed by atoms with Crippen LogP contribution in [0, 0.1) is 5.92 Å². The van der Waals surface area contributed by atoms with Gasteiger partial charge < -0.3 is 10.1 Å². The van der Waals surface area contributed by atoms with Gasteiger partial charge in [-0.25, -0.2) is 9.69 Å². The van der Waals surface area contributed by atoms with Crippen LogP contribution in [0.2, 0.25) is 0 Å². The number of nitrogens with zero attached hydrogens (tertiary/aromatic N) is 2. The Morgan fingerprint density at radius 2 is 1.70 bits per heavy atom. The predicted octanol–water partition coefficient (Wildman–Crippen LogP) is 6.30. The third-order valence-corrected chi connectivity index (χ3v) is 10.8. The van der Waals surface area contributed by atoms with E-state index in [1.807, 2.05) is 0 Å². The minimum atomic E-state index is -4.72. The summed E-state index contributed by atoms with van der Waals surface area (Å²) in [6, 6.07) is 17.5. The van der Waals surface area contributed by atoms with Crippen molar-refractivity contribution in [2.24, 2.45) is 5.92 Å². The molecule has 0 bridgehead atoms. The van der Waals surface area contributed by atoms with E-state index < -0.39 is 69.6 Å². The minimum absolute atomic E-state index is 0.180. The lowest BCUT2D eigenvalue weighted by Crippen LogP contribution is -2.33. The summed E-state index contributed by atoms with van der Waals surface area (Å²) >= 11 is 5.24. The fraction of sp³-hybridized carbons (Fsp3) is 0.219. The number of esters is 1. The summed E-state index contributed by atoms with van der Waals surface area (Å²) in [5, 5.41) is 1.55. The number of anilines is 2. The summed E-state index contributed by atoms with van der Waals surface area (Å²) in [5.74, 6) is -4.14. The van der Waals surface area contributed by atoms with E-state index >= 15 is 0 Å². The second-order valence-electron chi connectivity index (χ2n) is 10.6. The minimum Gasteiger partial charge on any atom is -0.462 e. The third-order valence-electron chi connectivity index (χ3n) is 7.70. The van der Waals surface area contributed by atoms with Gasteiger partial charge >= 0.3 is 17.0 Å². The maximum atomic E-state index is 14.1. The van der Waals surface area contributed by atoms with Gasteiger partial charge in [0, 0.05) is 15.3 Å². The fourth-order valence-electron chi connectivity index (χ4n) is 5.70. The number of amides is 3. The van der Waals surface area contributed by atoms with E-state index in [1.54, 1.807) is 31.2 Å². The Labute approximate surface area is 281 Å². The maximum absolute atomic E-state index is 14.1. The monoisotopic (exact) mass is 745 g/mol. The number of benzene rings is 3.